The molecule has 31 heavy (non-hydrogen) atoms. The first kappa shape index (κ1) is 20.8. The van der Waals surface area contributed by atoms with E-state index < -0.39 is 0 Å². The molecule has 158 valence electrons. The molecule has 0 spiro atoms. The molecule has 0 radical (unpaired) electrons. The second-order valence-electron chi connectivity index (χ2n) is 9.04. The highest BCUT2D eigenvalue weighted by atomic mass is 16.1. The SMILES string of the molecule is Cc1ncc(C(C)(C)C)cc1NC(=O)c1cc2cccc(Cc3ccncc3)c2n1C. The Morgan fingerprint density at radius 2 is 1.84 bits per heavy atom. The van der Waals surface area contributed by atoms with Crippen molar-refractivity contribution >= 4 is 22.5 Å². The standard InChI is InChI=1S/C26H28N4O/c1-17-22(15-21(16-28-17)26(2,3)4)29-25(31)23-14-20-8-6-7-19(24(20)30(23)5)13-18-9-11-27-12-10-18/h6-12,14-16H,13H2,1-5H3,(H,29,31). The number of carbonyl (C=O) groups excluding carboxylic acids is 1. The maximum absolute atomic E-state index is 13.2. The van der Waals surface area contributed by atoms with Gasteiger partial charge in [-0.2, -0.15) is 0 Å². The van der Waals surface area contributed by atoms with Crippen molar-refractivity contribution in [2.24, 2.45) is 7.05 Å². The third kappa shape index (κ3) is 4.22. The Balaban J connectivity index is 1.68. The number of aryl methyl sites for hydroxylation is 2. The number of aromatic nitrogens is 3. The molecular formula is C26H28N4O. The fourth-order valence-electron chi connectivity index (χ4n) is 3.84. The number of pyridine rings is 2. The molecule has 5 heteroatoms. The smallest absolute Gasteiger partial charge is 0.272 e. The summed E-state index contributed by atoms with van der Waals surface area (Å²) in [5.41, 5.74) is 6.67. The van der Waals surface area contributed by atoms with Crippen LogP contribution in [0.3, 0.4) is 0 Å². The van der Waals surface area contributed by atoms with Crippen LogP contribution in [0.5, 0.6) is 0 Å². The van der Waals surface area contributed by atoms with Gasteiger partial charge in [0.15, 0.2) is 0 Å². The van der Waals surface area contributed by atoms with Crippen LogP contribution in [0.25, 0.3) is 10.9 Å². The van der Waals surface area contributed by atoms with Gasteiger partial charge in [0.2, 0.25) is 0 Å². The number of hydrogen-bond acceptors (Lipinski definition) is 3. The Morgan fingerprint density at radius 3 is 2.55 bits per heavy atom. The van der Waals surface area contributed by atoms with Gasteiger partial charge in [-0.15, -0.1) is 0 Å². The monoisotopic (exact) mass is 412 g/mol. The molecule has 0 unspecified atom stereocenters. The number of anilines is 1. The Kier molecular flexibility index (Phi) is 5.36. The van der Waals surface area contributed by atoms with E-state index in [1.165, 1.54) is 11.1 Å². The van der Waals surface area contributed by atoms with Crippen molar-refractivity contribution < 1.29 is 4.79 Å². The first-order valence-electron chi connectivity index (χ1n) is 10.5. The van der Waals surface area contributed by atoms with Crippen LogP contribution in [0, 0.1) is 6.92 Å². The van der Waals surface area contributed by atoms with Gasteiger partial charge in [-0.05, 0) is 59.7 Å². The molecule has 0 bridgehead atoms. The maximum atomic E-state index is 13.2. The molecule has 4 aromatic rings. The average molecular weight is 413 g/mol. The van der Waals surface area contributed by atoms with Crippen molar-refractivity contribution in [1.82, 2.24) is 14.5 Å². The number of amides is 1. The van der Waals surface area contributed by atoms with Crippen molar-refractivity contribution in [1.29, 1.82) is 0 Å². The Hall–Kier alpha value is -3.47. The third-order valence-corrected chi connectivity index (χ3v) is 5.72. The summed E-state index contributed by atoms with van der Waals surface area (Å²) in [5, 5.41) is 4.13. The molecule has 3 heterocycles. The Labute approximate surface area is 183 Å². The van der Waals surface area contributed by atoms with Crippen LogP contribution in [-0.2, 0) is 18.9 Å². The summed E-state index contributed by atoms with van der Waals surface area (Å²) >= 11 is 0. The largest absolute Gasteiger partial charge is 0.339 e. The fraction of sp³-hybridized carbons (Fsp3) is 0.269. The zero-order valence-corrected chi connectivity index (χ0v) is 18.7. The van der Waals surface area contributed by atoms with Crippen LogP contribution >= 0.6 is 0 Å². The van der Waals surface area contributed by atoms with Gasteiger partial charge in [-0.1, -0.05) is 39.0 Å². The maximum Gasteiger partial charge on any atom is 0.272 e. The molecule has 4 rings (SSSR count). The minimum absolute atomic E-state index is 0.0400. The summed E-state index contributed by atoms with van der Waals surface area (Å²) in [6.07, 6.45) is 6.28. The van der Waals surface area contributed by atoms with E-state index in [0.717, 1.165) is 34.3 Å². The molecular weight excluding hydrogens is 384 g/mol. The summed E-state index contributed by atoms with van der Waals surface area (Å²) in [6, 6.07) is 14.2. The molecule has 0 atom stereocenters. The van der Waals surface area contributed by atoms with Crippen molar-refractivity contribution in [2.75, 3.05) is 5.32 Å². The van der Waals surface area contributed by atoms with Gasteiger partial charge in [0.25, 0.3) is 5.91 Å². The van der Waals surface area contributed by atoms with Gasteiger partial charge in [0, 0.05) is 31.0 Å². The third-order valence-electron chi connectivity index (χ3n) is 5.72. The van der Waals surface area contributed by atoms with Crippen molar-refractivity contribution in [2.45, 2.75) is 39.5 Å². The predicted octanol–water partition coefficient (Wildman–Crippen LogP) is 5.42. The molecule has 1 amide bonds. The Morgan fingerprint density at radius 1 is 1.10 bits per heavy atom. The van der Waals surface area contributed by atoms with Gasteiger partial charge >= 0.3 is 0 Å². The number of benzene rings is 1. The van der Waals surface area contributed by atoms with Gasteiger partial charge in [0.05, 0.1) is 16.9 Å². The first-order chi connectivity index (χ1) is 14.7. The van der Waals surface area contributed by atoms with E-state index >= 15 is 0 Å². The van der Waals surface area contributed by atoms with E-state index in [1.807, 2.05) is 55.1 Å². The van der Waals surface area contributed by atoms with Gasteiger partial charge < -0.3 is 9.88 Å². The highest BCUT2D eigenvalue weighted by Gasteiger charge is 2.19. The summed E-state index contributed by atoms with van der Waals surface area (Å²) in [6.45, 7) is 8.33. The molecule has 0 aliphatic heterocycles. The number of hydrogen-bond donors (Lipinski definition) is 1. The number of carbonyl (C=O) groups is 1. The van der Waals surface area contributed by atoms with Crippen molar-refractivity contribution in [3.05, 3.63) is 89.1 Å². The van der Waals surface area contributed by atoms with Crippen LogP contribution < -0.4 is 5.32 Å². The molecule has 1 aromatic carbocycles. The normalized spacial score (nSPS) is 11.6. The lowest BCUT2D eigenvalue weighted by molar-refractivity contribution is 0.101. The van der Waals surface area contributed by atoms with Crippen molar-refractivity contribution in [3.8, 4) is 0 Å². The number of fused-ring (bicyclic) bond motifs is 1. The average Bonchev–Trinajstić information content (AvgIpc) is 3.07. The zero-order valence-electron chi connectivity index (χ0n) is 18.7. The lowest BCUT2D eigenvalue weighted by Crippen LogP contribution is -2.18. The minimum atomic E-state index is -0.135. The van der Waals surface area contributed by atoms with Crippen molar-refractivity contribution in [3.63, 3.8) is 0 Å². The van der Waals surface area contributed by atoms with E-state index in [1.54, 1.807) is 12.4 Å². The summed E-state index contributed by atoms with van der Waals surface area (Å²) < 4.78 is 1.98. The quantitative estimate of drug-likeness (QED) is 0.487. The van der Waals surface area contributed by atoms with E-state index in [9.17, 15) is 4.79 Å². The van der Waals surface area contributed by atoms with Crippen LogP contribution in [-0.4, -0.2) is 20.4 Å². The van der Waals surface area contributed by atoms with E-state index in [4.69, 9.17) is 0 Å². The van der Waals surface area contributed by atoms with Gasteiger partial charge in [-0.25, -0.2) is 0 Å². The number of para-hydroxylation sites is 1. The lowest BCUT2D eigenvalue weighted by atomic mass is 9.88. The van der Waals surface area contributed by atoms with E-state index in [2.05, 4.69) is 48.2 Å². The molecule has 0 aliphatic carbocycles. The highest BCUT2D eigenvalue weighted by Crippen LogP contribution is 2.28. The minimum Gasteiger partial charge on any atom is -0.339 e. The van der Waals surface area contributed by atoms with Crippen LogP contribution in [0.15, 0.2) is 61.1 Å². The first-order valence-corrected chi connectivity index (χ1v) is 10.5. The second-order valence-corrected chi connectivity index (χ2v) is 9.04. The topological polar surface area (TPSA) is 59.8 Å². The number of rotatable bonds is 4. The summed E-state index contributed by atoms with van der Waals surface area (Å²) in [7, 11) is 1.95. The van der Waals surface area contributed by atoms with E-state index in [0.29, 0.717) is 5.69 Å². The lowest BCUT2D eigenvalue weighted by Gasteiger charge is -2.20. The zero-order chi connectivity index (χ0) is 22.2. The predicted molar refractivity (Wildman–Crippen MR) is 126 cm³/mol. The van der Waals surface area contributed by atoms with Crippen LogP contribution in [0.1, 0.15) is 53.6 Å². The summed E-state index contributed by atoms with van der Waals surface area (Å²) in [5.74, 6) is -0.135. The molecule has 5 nitrogen and oxygen atoms in total. The molecule has 0 fully saturated rings. The van der Waals surface area contributed by atoms with Gasteiger partial charge in [0.1, 0.15) is 5.69 Å². The highest BCUT2D eigenvalue weighted by molar-refractivity contribution is 6.07. The second kappa shape index (κ2) is 7.99. The van der Waals surface area contributed by atoms with Crippen LogP contribution in [0.2, 0.25) is 0 Å². The van der Waals surface area contributed by atoms with E-state index in [-0.39, 0.29) is 11.3 Å². The Bertz CT molecular complexity index is 1250. The molecule has 0 saturated heterocycles. The fourth-order valence-corrected chi connectivity index (χ4v) is 3.84. The van der Waals surface area contributed by atoms with Crippen LogP contribution in [0.4, 0.5) is 5.69 Å². The molecule has 0 saturated carbocycles. The number of nitrogens with zero attached hydrogens (tertiary/aromatic N) is 3. The number of nitrogens with one attached hydrogen (secondary N) is 1. The van der Waals surface area contributed by atoms with Gasteiger partial charge in [-0.3, -0.25) is 14.8 Å². The summed E-state index contributed by atoms with van der Waals surface area (Å²) in [4.78, 5) is 21.8. The molecule has 0 aliphatic rings. The molecule has 1 N–H and O–H groups in total. The molecule has 3 aromatic heterocycles.